The standard InChI is InChI=1S/C15H19BrN2O2/c1-20-14-7-11(16)5-4-10(14)9-18-6-2-3-12-13(18)8-17-15(12)19/h4-5,7,12-13H,2-3,6,8-9H2,1H3,(H,17,19)/t12-,13-/m1/s1. The van der Waals surface area contributed by atoms with Gasteiger partial charge in [-0.05, 0) is 31.5 Å². The van der Waals surface area contributed by atoms with Crippen LogP contribution in [0, 0.1) is 5.92 Å². The Morgan fingerprint density at radius 1 is 1.50 bits per heavy atom. The minimum absolute atomic E-state index is 0.171. The summed E-state index contributed by atoms with van der Waals surface area (Å²) in [6.07, 6.45) is 2.11. The van der Waals surface area contributed by atoms with Gasteiger partial charge in [0.15, 0.2) is 0 Å². The van der Waals surface area contributed by atoms with E-state index in [1.807, 2.05) is 12.1 Å². The Balaban J connectivity index is 1.79. The van der Waals surface area contributed by atoms with Gasteiger partial charge < -0.3 is 10.1 Å². The van der Waals surface area contributed by atoms with Crippen molar-refractivity contribution in [3.05, 3.63) is 28.2 Å². The average molecular weight is 339 g/mol. The zero-order chi connectivity index (χ0) is 14.1. The van der Waals surface area contributed by atoms with E-state index >= 15 is 0 Å². The van der Waals surface area contributed by atoms with E-state index in [4.69, 9.17) is 4.74 Å². The van der Waals surface area contributed by atoms with E-state index in [-0.39, 0.29) is 11.8 Å². The second-order valence-electron chi connectivity index (χ2n) is 5.49. The fourth-order valence-corrected chi connectivity index (χ4v) is 3.64. The number of nitrogens with zero attached hydrogens (tertiary/aromatic N) is 1. The summed E-state index contributed by atoms with van der Waals surface area (Å²) in [4.78, 5) is 14.2. The first-order chi connectivity index (χ1) is 9.69. The second-order valence-corrected chi connectivity index (χ2v) is 6.40. The number of ether oxygens (including phenoxy) is 1. The van der Waals surface area contributed by atoms with Crippen molar-refractivity contribution in [1.29, 1.82) is 0 Å². The van der Waals surface area contributed by atoms with Gasteiger partial charge in [-0.25, -0.2) is 0 Å². The SMILES string of the molecule is COc1cc(Br)ccc1CN1CCC[C@H]2C(=O)NC[C@H]21. The summed E-state index contributed by atoms with van der Waals surface area (Å²) in [7, 11) is 1.70. The predicted octanol–water partition coefficient (Wildman–Crippen LogP) is 2.17. The van der Waals surface area contributed by atoms with Crippen LogP contribution in [0.25, 0.3) is 0 Å². The smallest absolute Gasteiger partial charge is 0.224 e. The molecule has 0 saturated carbocycles. The molecule has 0 bridgehead atoms. The third-order valence-corrected chi connectivity index (χ3v) is 4.83. The molecule has 2 saturated heterocycles. The molecule has 0 spiro atoms. The van der Waals surface area contributed by atoms with E-state index in [1.165, 1.54) is 5.56 Å². The lowest BCUT2D eigenvalue weighted by molar-refractivity contribution is -0.124. The van der Waals surface area contributed by atoms with E-state index < -0.39 is 0 Å². The average Bonchev–Trinajstić information content (AvgIpc) is 2.84. The molecule has 2 aliphatic heterocycles. The third kappa shape index (κ3) is 2.56. The predicted molar refractivity (Wildman–Crippen MR) is 80.6 cm³/mol. The van der Waals surface area contributed by atoms with Gasteiger partial charge in [0.25, 0.3) is 0 Å². The van der Waals surface area contributed by atoms with Crippen molar-refractivity contribution >= 4 is 21.8 Å². The lowest BCUT2D eigenvalue weighted by atomic mass is 9.91. The van der Waals surface area contributed by atoms with Gasteiger partial charge in [0.05, 0.1) is 13.0 Å². The number of carbonyl (C=O) groups excluding carboxylic acids is 1. The molecule has 2 aliphatic rings. The van der Waals surface area contributed by atoms with Gasteiger partial charge in [0.1, 0.15) is 5.75 Å². The molecule has 2 atom stereocenters. The summed E-state index contributed by atoms with van der Waals surface area (Å²) in [5.74, 6) is 1.30. The van der Waals surface area contributed by atoms with Crippen LogP contribution in [0.1, 0.15) is 18.4 Å². The number of nitrogens with one attached hydrogen (secondary N) is 1. The maximum atomic E-state index is 11.8. The van der Waals surface area contributed by atoms with Crippen molar-refractivity contribution in [1.82, 2.24) is 10.2 Å². The molecule has 1 N–H and O–H groups in total. The maximum absolute atomic E-state index is 11.8. The first kappa shape index (κ1) is 13.9. The summed E-state index contributed by atoms with van der Waals surface area (Å²) in [5, 5.41) is 3.00. The number of hydrogen-bond donors (Lipinski definition) is 1. The Morgan fingerprint density at radius 3 is 3.15 bits per heavy atom. The molecule has 5 heteroatoms. The monoisotopic (exact) mass is 338 g/mol. The highest BCUT2D eigenvalue weighted by molar-refractivity contribution is 9.10. The Labute approximate surface area is 127 Å². The number of benzene rings is 1. The number of hydrogen-bond acceptors (Lipinski definition) is 3. The third-order valence-electron chi connectivity index (χ3n) is 4.34. The zero-order valence-corrected chi connectivity index (χ0v) is 13.1. The van der Waals surface area contributed by atoms with Gasteiger partial charge in [0.2, 0.25) is 5.91 Å². The first-order valence-corrected chi connectivity index (χ1v) is 7.82. The van der Waals surface area contributed by atoms with E-state index in [0.29, 0.717) is 6.04 Å². The summed E-state index contributed by atoms with van der Waals surface area (Å²) in [5.41, 5.74) is 1.18. The minimum Gasteiger partial charge on any atom is -0.496 e. The topological polar surface area (TPSA) is 41.6 Å². The number of likely N-dealkylation sites (tertiary alicyclic amines) is 1. The molecule has 0 radical (unpaired) electrons. The highest BCUT2D eigenvalue weighted by Gasteiger charge is 2.40. The largest absolute Gasteiger partial charge is 0.496 e. The molecule has 2 heterocycles. The molecular formula is C15H19BrN2O2. The van der Waals surface area contributed by atoms with Crippen LogP contribution < -0.4 is 10.1 Å². The van der Waals surface area contributed by atoms with Crippen LogP contribution in [0.5, 0.6) is 5.75 Å². The Kier molecular flexibility index (Phi) is 3.98. The molecular weight excluding hydrogens is 320 g/mol. The molecule has 2 fully saturated rings. The van der Waals surface area contributed by atoms with E-state index in [1.54, 1.807) is 7.11 Å². The van der Waals surface area contributed by atoms with Crippen molar-refractivity contribution < 1.29 is 9.53 Å². The van der Waals surface area contributed by atoms with Crippen molar-refractivity contribution in [3.8, 4) is 5.75 Å². The van der Waals surface area contributed by atoms with Gasteiger partial charge in [-0.3, -0.25) is 9.69 Å². The molecule has 0 aromatic heterocycles. The quantitative estimate of drug-likeness (QED) is 0.918. The van der Waals surface area contributed by atoms with Crippen molar-refractivity contribution in [3.63, 3.8) is 0 Å². The first-order valence-electron chi connectivity index (χ1n) is 7.03. The number of carbonyl (C=O) groups is 1. The molecule has 1 aromatic carbocycles. The van der Waals surface area contributed by atoms with Crippen LogP contribution in [-0.4, -0.2) is 37.0 Å². The fourth-order valence-electron chi connectivity index (χ4n) is 3.30. The van der Waals surface area contributed by atoms with Crippen LogP contribution in [0.3, 0.4) is 0 Å². The second kappa shape index (κ2) is 5.74. The highest BCUT2D eigenvalue weighted by Crippen LogP contribution is 2.31. The number of halogens is 1. The molecule has 4 nitrogen and oxygen atoms in total. The van der Waals surface area contributed by atoms with Crippen LogP contribution in [-0.2, 0) is 11.3 Å². The van der Waals surface area contributed by atoms with E-state index in [0.717, 1.165) is 42.7 Å². The number of fused-ring (bicyclic) bond motifs is 1. The van der Waals surface area contributed by atoms with Gasteiger partial charge >= 0.3 is 0 Å². The molecule has 0 aliphatic carbocycles. The molecule has 0 unspecified atom stereocenters. The lowest BCUT2D eigenvalue weighted by Gasteiger charge is -2.36. The number of piperidine rings is 1. The normalized spacial score (nSPS) is 26.2. The van der Waals surface area contributed by atoms with Gasteiger partial charge in [0, 0.05) is 29.2 Å². The van der Waals surface area contributed by atoms with Gasteiger partial charge in [-0.1, -0.05) is 22.0 Å². The molecule has 3 rings (SSSR count). The van der Waals surface area contributed by atoms with Crippen LogP contribution in [0.2, 0.25) is 0 Å². The zero-order valence-electron chi connectivity index (χ0n) is 11.6. The maximum Gasteiger partial charge on any atom is 0.224 e. The van der Waals surface area contributed by atoms with E-state index in [9.17, 15) is 4.79 Å². The van der Waals surface area contributed by atoms with E-state index in [2.05, 4.69) is 32.2 Å². The highest BCUT2D eigenvalue weighted by atomic mass is 79.9. The molecule has 20 heavy (non-hydrogen) atoms. The van der Waals surface area contributed by atoms with Gasteiger partial charge in [-0.2, -0.15) is 0 Å². The Bertz CT molecular complexity index is 521. The molecule has 1 aromatic rings. The minimum atomic E-state index is 0.171. The van der Waals surface area contributed by atoms with Crippen LogP contribution in [0.15, 0.2) is 22.7 Å². The van der Waals surface area contributed by atoms with Crippen LogP contribution >= 0.6 is 15.9 Å². The molecule has 108 valence electrons. The van der Waals surface area contributed by atoms with Crippen LogP contribution in [0.4, 0.5) is 0 Å². The summed E-state index contributed by atoms with van der Waals surface area (Å²) < 4.78 is 6.48. The summed E-state index contributed by atoms with van der Waals surface area (Å²) in [6.45, 7) is 2.67. The summed E-state index contributed by atoms with van der Waals surface area (Å²) in [6, 6.07) is 6.47. The number of methoxy groups -OCH3 is 1. The Hall–Kier alpha value is -1.07. The van der Waals surface area contributed by atoms with Gasteiger partial charge in [-0.15, -0.1) is 0 Å². The molecule has 1 amide bonds. The lowest BCUT2D eigenvalue weighted by Crippen LogP contribution is -2.44. The summed E-state index contributed by atoms with van der Waals surface area (Å²) >= 11 is 3.47. The Morgan fingerprint density at radius 2 is 2.35 bits per heavy atom. The fraction of sp³-hybridized carbons (Fsp3) is 0.533. The van der Waals surface area contributed by atoms with Crippen molar-refractivity contribution in [2.45, 2.75) is 25.4 Å². The van der Waals surface area contributed by atoms with Crippen molar-refractivity contribution in [2.75, 3.05) is 20.2 Å². The number of amides is 1. The number of rotatable bonds is 3. The van der Waals surface area contributed by atoms with Crippen molar-refractivity contribution in [2.24, 2.45) is 5.92 Å².